The molecule has 4 nitrogen and oxygen atoms in total. The summed E-state index contributed by atoms with van der Waals surface area (Å²) in [6.07, 6.45) is 3.31. The Morgan fingerprint density at radius 1 is 1.15 bits per heavy atom. The summed E-state index contributed by atoms with van der Waals surface area (Å²) >= 11 is 0. The van der Waals surface area contributed by atoms with E-state index in [0.29, 0.717) is 16.9 Å². The van der Waals surface area contributed by atoms with Crippen molar-refractivity contribution in [3.8, 4) is 22.5 Å². The zero-order valence-electron chi connectivity index (χ0n) is 10.8. The predicted octanol–water partition coefficient (Wildman–Crippen LogP) is 3.43. The van der Waals surface area contributed by atoms with Gasteiger partial charge < -0.3 is 10.3 Å². The number of hydrogen-bond acceptors (Lipinski definition) is 4. The molecule has 0 aliphatic carbocycles. The average molecular weight is 269 g/mol. The number of hydrogen-bond donors (Lipinski definition) is 1. The minimum Gasteiger partial charge on any atom is -0.380 e. The lowest BCUT2D eigenvalue weighted by molar-refractivity contribution is 0.435. The van der Waals surface area contributed by atoms with Crippen molar-refractivity contribution in [2.75, 3.05) is 5.73 Å². The fraction of sp³-hybridized carbons (Fsp3) is 0.0667. The molecular formula is C15H12FN3O. The van der Waals surface area contributed by atoms with Crippen molar-refractivity contribution in [2.24, 2.45) is 0 Å². The summed E-state index contributed by atoms with van der Waals surface area (Å²) in [5.41, 5.74) is 8.89. The summed E-state index contributed by atoms with van der Waals surface area (Å²) < 4.78 is 18.8. The quantitative estimate of drug-likeness (QED) is 0.774. The molecule has 20 heavy (non-hydrogen) atoms. The molecule has 0 aliphatic heterocycles. The monoisotopic (exact) mass is 269 g/mol. The van der Waals surface area contributed by atoms with Gasteiger partial charge >= 0.3 is 0 Å². The number of rotatable bonds is 2. The number of nitrogens with two attached hydrogens (primary N) is 1. The number of benzene rings is 1. The highest BCUT2D eigenvalue weighted by atomic mass is 19.1. The van der Waals surface area contributed by atoms with Crippen LogP contribution in [0, 0.1) is 12.7 Å². The Labute approximate surface area is 115 Å². The molecule has 2 heterocycles. The molecule has 0 amide bonds. The second-order valence-corrected chi connectivity index (χ2v) is 4.47. The van der Waals surface area contributed by atoms with Gasteiger partial charge in [-0.3, -0.25) is 4.98 Å². The molecule has 0 aliphatic rings. The largest absolute Gasteiger partial charge is 0.380 e. The van der Waals surface area contributed by atoms with Crippen molar-refractivity contribution < 1.29 is 8.91 Å². The number of pyridine rings is 1. The van der Waals surface area contributed by atoms with E-state index in [-0.39, 0.29) is 11.6 Å². The molecule has 100 valence electrons. The van der Waals surface area contributed by atoms with E-state index in [1.165, 1.54) is 12.1 Å². The zero-order valence-corrected chi connectivity index (χ0v) is 10.8. The Balaban J connectivity index is 2.24. The first-order chi connectivity index (χ1) is 9.66. The molecular weight excluding hydrogens is 257 g/mol. The van der Waals surface area contributed by atoms with Gasteiger partial charge in [0.2, 0.25) is 0 Å². The van der Waals surface area contributed by atoms with Crippen LogP contribution in [0.15, 0.2) is 47.2 Å². The maximum absolute atomic E-state index is 13.5. The Kier molecular flexibility index (Phi) is 2.95. The van der Waals surface area contributed by atoms with Crippen LogP contribution in [0.25, 0.3) is 22.5 Å². The van der Waals surface area contributed by atoms with Gasteiger partial charge in [0.25, 0.3) is 0 Å². The second kappa shape index (κ2) is 4.77. The number of aryl methyl sites for hydroxylation is 1. The molecule has 3 aromatic rings. The molecule has 0 saturated carbocycles. The molecule has 0 spiro atoms. The number of anilines is 1. The van der Waals surface area contributed by atoms with Crippen LogP contribution in [-0.2, 0) is 0 Å². The van der Waals surface area contributed by atoms with E-state index in [9.17, 15) is 4.39 Å². The van der Waals surface area contributed by atoms with E-state index in [0.717, 1.165) is 11.1 Å². The highest BCUT2D eigenvalue weighted by Gasteiger charge is 2.19. The molecule has 0 unspecified atom stereocenters. The molecule has 2 aromatic heterocycles. The minimum absolute atomic E-state index is 0.273. The second-order valence-electron chi connectivity index (χ2n) is 4.47. The summed E-state index contributed by atoms with van der Waals surface area (Å²) in [6, 6.07) is 8.13. The average Bonchev–Trinajstić information content (AvgIpc) is 2.84. The third-order valence-corrected chi connectivity index (χ3v) is 3.13. The molecule has 0 saturated heterocycles. The number of nitrogens with zero attached hydrogens (tertiary/aromatic N) is 2. The van der Waals surface area contributed by atoms with Crippen LogP contribution in [0.3, 0.4) is 0 Å². The number of halogens is 1. The van der Waals surface area contributed by atoms with Crippen molar-refractivity contribution in [3.63, 3.8) is 0 Å². The van der Waals surface area contributed by atoms with Crippen molar-refractivity contribution in [1.29, 1.82) is 0 Å². The van der Waals surface area contributed by atoms with E-state index in [1.807, 2.05) is 6.92 Å². The highest BCUT2D eigenvalue weighted by Crippen LogP contribution is 2.37. The molecule has 0 radical (unpaired) electrons. The maximum Gasteiger partial charge on any atom is 0.177 e. The fourth-order valence-corrected chi connectivity index (χ4v) is 2.12. The molecule has 0 atom stereocenters. The summed E-state index contributed by atoms with van der Waals surface area (Å²) in [5, 5.41) is 3.80. The van der Waals surface area contributed by atoms with Gasteiger partial charge in [-0.05, 0) is 42.3 Å². The van der Waals surface area contributed by atoms with Gasteiger partial charge in [-0.25, -0.2) is 4.39 Å². The van der Waals surface area contributed by atoms with Crippen molar-refractivity contribution in [3.05, 3.63) is 54.1 Å². The van der Waals surface area contributed by atoms with Gasteiger partial charge in [0.1, 0.15) is 5.82 Å². The van der Waals surface area contributed by atoms with Gasteiger partial charge in [-0.1, -0.05) is 11.2 Å². The van der Waals surface area contributed by atoms with Crippen LogP contribution < -0.4 is 5.73 Å². The smallest absolute Gasteiger partial charge is 0.177 e. The zero-order chi connectivity index (χ0) is 14.1. The van der Waals surface area contributed by atoms with E-state index in [2.05, 4.69) is 10.1 Å². The lowest BCUT2D eigenvalue weighted by atomic mass is 9.99. The first-order valence-corrected chi connectivity index (χ1v) is 6.09. The van der Waals surface area contributed by atoms with Crippen LogP contribution in [0.5, 0.6) is 0 Å². The predicted molar refractivity (Wildman–Crippen MR) is 74.3 cm³/mol. The van der Waals surface area contributed by atoms with Crippen molar-refractivity contribution in [2.45, 2.75) is 6.92 Å². The molecule has 0 fully saturated rings. The Morgan fingerprint density at radius 2 is 1.90 bits per heavy atom. The number of nitrogen functional groups attached to an aromatic ring is 1. The van der Waals surface area contributed by atoms with Crippen molar-refractivity contribution >= 4 is 5.82 Å². The van der Waals surface area contributed by atoms with E-state index in [4.69, 9.17) is 10.3 Å². The molecule has 0 bridgehead atoms. The third-order valence-electron chi connectivity index (χ3n) is 3.13. The Morgan fingerprint density at radius 3 is 2.65 bits per heavy atom. The summed E-state index contributed by atoms with van der Waals surface area (Å²) in [7, 11) is 0. The van der Waals surface area contributed by atoms with Crippen LogP contribution in [-0.4, -0.2) is 10.1 Å². The normalized spacial score (nSPS) is 10.7. The van der Waals surface area contributed by atoms with Gasteiger partial charge in [0, 0.05) is 18.0 Å². The van der Waals surface area contributed by atoms with Crippen LogP contribution in [0.1, 0.15) is 5.56 Å². The first-order valence-electron chi connectivity index (χ1n) is 6.09. The Bertz CT molecular complexity index is 753. The first kappa shape index (κ1) is 12.3. The number of aromatic nitrogens is 2. The SMILES string of the molecule is Cc1ccc(F)cc1-c1onc(N)c1-c1ccncc1. The van der Waals surface area contributed by atoms with E-state index in [1.54, 1.807) is 30.6 Å². The van der Waals surface area contributed by atoms with E-state index >= 15 is 0 Å². The van der Waals surface area contributed by atoms with Crippen molar-refractivity contribution in [1.82, 2.24) is 10.1 Å². The third kappa shape index (κ3) is 2.03. The van der Waals surface area contributed by atoms with Crippen LogP contribution in [0.2, 0.25) is 0 Å². The Hall–Kier alpha value is -2.69. The molecule has 2 N–H and O–H groups in total. The van der Waals surface area contributed by atoms with Gasteiger partial charge in [-0.15, -0.1) is 0 Å². The summed E-state index contributed by atoms with van der Waals surface area (Å²) in [5.74, 6) is 0.404. The minimum atomic E-state index is -0.332. The van der Waals surface area contributed by atoms with Gasteiger partial charge in [0.05, 0.1) is 5.56 Å². The highest BCUT2D eigenvalue weighted by molar-refractivity contribution is 5.87. The fourth-order valence-electron chi connectivity index (χ4n) is 2.12. The van der Waals surface area contributed by atoms with E-state index < -0.39 is 0 Å². The summed E-state index contributed by atoms with van der Waals surface area (Å²) in [6.45, 7) is 1.88. The molecule has 5 heteroatoms. The molecule has 3 rings (SSSR count). The topological polar surface area (TPSA) is 64.9 Å². The lowest BCUT2D eigenvalue weighted by Gasteiger charge is -2.05. The molecule has 1 aromatic carbocycles. The summed E-state index contributed by atoms with van der Waals surface area (Å²) in [4.78, 5) is 3.97. The van der Waals surface area contributed by atoms with Crippen LogP contribution >= 0.6 is 0 Å². The van der Waals surface area contributed by atoms with Gasteiger partial charge in [0.15, 0.2) is 11.6 Å². The van der Waals surface area contributed by atoms with Crippen LogP contribution in [0.4, 0.5) is 10.2 Å². The van der Waals surface area contributed by atoms with Gasteiger partial charge in [-0.2, -0.15) is 0 Å². The maximum atomic E-state index is 13.5. The lowest BCUT2D eigenvalue weighted by Crippen LogP contribution is -1.90. The standard InChI is InChI=1S/C15H12FN3O/c1-9-2-3-11(16)8-12(9)14-13(15(17)19-20-14)10-4-6-18-7-5-10/h2-8H,1H3,(H2,17,19).